The first-order valence-corrected chi connectivity index (χ1v) is 8.62. The molecular weight excluding hydrogens is 290 g/mol. The maximum atomic E-state index is 5.64. The maximum absolute atomic E-state index is 5.64. The van der Waals surface area contributed by atoms with Gasteiger partial charge in [0.2, 0.25) is 0 Å². The topological polar surface area (TPSA) is 12.5 Å². The van der Waals surface area contributed by atoms with Crippen molar-refractivity contribution in [3.8, 4) is 0 Å². The number of alkyl halides is 1. The zero-order chi connectivity index (χ0) is 13.0. The van der Waals surface area contributed by atoms with Crippen LogP contribution in [0.15, 0.2) is 0 Å². The second kappa shape index (κ2) is 6.71. The van der Waals surface area contributed by atoms with Crippen LogP contribution in [-0.4, -0.2) is 43.1 Å². The van der Waals surface area contributed by atoms with Gasteiger partial charge in [-0.1, -0.05) is 42.1 Å². The van der Waals surface area contributed by atoms with E-state index in [0.29, 0.717) is 11.5 Å². The van der Waals surface area contributed by atoms with Gasteiger partial charge in [0.05, 0.1) is 6.10 Å². The van der Waals surface area contributed by atoms with Crippen LogP contribution in [0.3, 0.4) is 0 Å². The average molecular weight is 318 g/mol. The van der Waals surface area contributed by atoms with Gasteiger partial charge in [0.1, 0.15) is 0 Å². The predicted octanol–water partition coefficient (Wildman–Crippen LogP) is 3.69. The summed E-state index contributed by atoms with van der Waals surface area (Å²) in [5.74, 6) is 0.720. The zero-order valence-corrected chi connectivity index (χ0v) is 13.5. The number of hydrogen-bond acceptors (Lipinski definition) is 2. The Hall–Kier alpha value is 0.400. The Morgan fingerprint density at radius 1 is 1.28 bits per heavy atom. The van der Waals surface area contributed by atoms with Crippen molar-refractivity contribution in [1.82, 2.24) is 4.90 Å². The van der Waals surface area contributed by atoms with Crippen molar-refractivity contribution < 1.29 is 4.74 Å². The van der Waals surface area contributed by atoms with Crippen molar-refractivity contribution in [1.29, 1.82) is 0 Å². The third kappa shape index (κ3) is 3.49. The number of likely N-dealkylation sites (tertiary alicyclic amines) is 1. The maximum Gasteiger partial charge on any atom is 0.0724 e. The second-order valence-corrected chi connectivity index (χ2v) is 7.03. The third-order valence-electron chi connectivity index (χ3n) is 5.03. The molecule has 0 spiro atoms. The molecule has 2 nitrogen and oxygen atoms in total. The highest BCUT2D eigenvalue weighted by atomic mass is 79.9. The molecule has 0 aromatic rings. The zero-order valence-electron chi connectivity index (χ0n) is 12.0. The van der Waals surface area contributed by atoms with Crippen LogP contribution in [0.2, 0.25) is 0 Å². The quantitative estimate of drug-likeness (QED) is 0.733. The minimum atomic E-state index is 0.440. The number of nitrogens with zero attached hydrogens (tertiary/aromatic N) is 1. The first-order valence-electron chi connectivity index (χ1n) is 7.50. The van der Waals surface area contributed by atoms with E-state index < -0.39 is 0 Å². The highest BCUT2D eigenvalue weighted by Gasteiger charge is 2.35. The molecule has 106 valence electrons. The van der Waals surface area contributed by atoms with E-state index >= 15 is 0 Å². The van der Waals surface area contributed by atoms with Crippen molar-refractivity contribution in [3.63, 3.8) is 0 Å². The normalized spacial score (nSPS) is 33.5. The molecule has 18 heavy (non-hydrogen) atoms. The van der Waals surface area contributed by atoms with Gasteiger partial charge in [-0.05, 0) is 37.1 Å². The molecule has 0 bridgehead atoms. The van der Waals surface area contributed by atoms with Gasteiger partial charge >= 0.3 is 0 Å². The van der Waals surface area contributed by atoms with E-state index in [9.17, 15) is 0 Å². The van der Waals surface area contributed by atoms with E-state index in [0.717, 1.165) is 12.5 Å². The van der Waals surface area contributed by atoms with Crippen molar-refractivity contribution >= 4 is 15.9 Å². The third-order valence-corrected chi connectivity index (χ3v) is 6.22. The Bertz CT molecular complexity index is 253. The molecule has 1 aliphatic heterocycles. The van der Waals surface area contributed by atoms with Crippen molar-refractivity contribution in [2.45, 2.75) is 51.6 Å². The summed E-state index contributed by atoms with van der Waals surface area (Å²) >= 11 is 3.78. The summed E-state index contributed by atoms with van der Waals surface area (Å²) in [6.45, 7) is 5.99. The molecule has 2 aliphatic rings. The summed E-state index contributed by atoms with van der Waals surface area (Å²) < 4.78 is 5.64. The van der Waals surface area contributed by atoms with E-state index in [2.05, 4.69) is 27.8 Å². The van der Waals surface area contributed by atoms with Crippen molar-refractivity contribution in [3.05, 3.63) is 0 Å². The molecule has 2 fully saturated rings. The summed E-state index contributed by atoms with van der Waals surface area (Å²) in [6, 6.07) is 0. The molecule has 0 aromatic carbocycles. The molecule has 1 saturated heterocycles. The molecule has 1 heterocycles. The van der Waals surface area contributed by atoms with Crippen LogP contribution in [0.4, 0.5) is 0 Å². The average Bonchev–Trinajstić information content (AvgIpc) is 2.42. The van der Waals surface area contributed by atoms with Crippen LogP contribution in [0.5, 0.6) is 0 Å². The Morgan fingerprint density at radius 2 is 2.00 bits per heavy atom. The summed E-state index contributed by atoms with van der Waals surface area (Å²) in [6.07, 6.45) is 8.81. The standard InChI is InChI=1S/C15H28BrNO/c1-13-6-9-17(10-14(13)18-2)12-15(11-16)7-4-3-5-8-15/h13-14H,3-12H2,1-2H3. The lowest BCUT2D eigenvalue weighted by Crippen LogP contribution is -2.49. The van der Waals surface area contributed by atoms with Gasteiger partial charge in [-0.2, -0.15) is 0 Å². The minimum absolute atomic E-state index is 0.440. The lowest BCUT2D eigenvalue weighted by Gasteiger charge is -2.44. The molecule has 2 unspecified atom stereocenters. The van der Waals surface area contributed by atoms with Gasteiger partial charge in [-0.3, -0.25) is 0 Å². The first kappa shape index (κ1) is 14.8. The van der Waals surface area contributed by atoms with Gasteiger partial charge in [0.15, 0.2) is 0 Å². The van der Waals surface area contributed by atoms with Crippen LogP contribution in [0.25, 0.3) is 0 Å². The Morgan fingerprint density at radius 3 is 2.61 bits per heavy atom. The molecule has 0 radical (unpaired) electrons. The summed E-state index contributed by atoms with van der Waals surface area (Å²) in [5.41, 5.74) is 0.539. The van der Waals surface area contributed by atoms with E-state index in [1.807, 2.05) is 7.11 Å². The summed E-state index contributed by atoms with van der Waals surface area (Å²) in [5, 5.41) is 1.17. The van der Waals surface area contributed by atoms with Gasteiger partial charge < -0.3 is 9.64 Å². The Kier molecular flexibility index (Phi) is 5.52. The lowest BCUT2D eigenvalue weighted by atomic mass is 9.75. The van der Waals surface area contributed by atoms with Gasteiger partial charge in [-0.15, -0.1) is 0 Å². The molecule has 1 saturated carbocycles. The number of ether oxygens (including phenoxy) is 1. The molecule has 0 amide bonds. The molecule has 2 atom stereocenters. The van der Waals surface area contributed by atoms with Crippen LogP contribution in [0, 0.1) is 11.3 Å². The van der Waals surface area contributed by atoms with Crippen LogP contribution < -0.4 is 0 Å². The summed E-state index contributed by atoms with van der Waals surface area (Å²) in [4.78, 5) is 2.65. The fourth-order valence-electron chi connectivity index (χ4n) is 3.66. The predicted molar refractivity (Wildman–Crippen MR) is 80.3 cm³/mol. The van der Waals surface area contributed by atoms with Crippen LogP contribution in [0.1, 0.15) is 45.4 Å². The van der Waals surface area contributed by atoms with E-state index in [-0.39, 0.29) is 0 Å². The van der Waals surface area contributed by atoms with Gasteiger partial charge in [0.25, 0.3) is 0 Å². The highest BCUT2D eigenvalue weighted by molar-refractivity contribution is 9.09. The molecule has 0 N–H and O–H groups in total. The van der Waals surface area contributed by atoms with E-state index in [1.54, 1.807) is 0 Å². The van der Waals surface area contributed by atoms with Gasteiger partial charge in [-0.25, -0.2) is 0 Å². The van der Waals surface area contributed by atoms with Crippen LogP contribution in [-0.2, 0) is 4.74 Å². The largest absolute Gasteiger partial charge is 0.380 e. The number of piperidine rings is 1. The fourth-order valence-corrected chi connectivity index (χ4v) is 4.40. The molecule has 0 aromatic heterocycles. The van der Waals surface area contributed by atoms with Gasteiger partial charge in [0, 0.05) is 25.5 Å². The van der Waals surface area contributed by atoms with E-state index in [4.69, 9.17) is 4.74 Å². The van der Waals surface area contributed by atoms with Crippen LogP contribution >= 0.6 is 15.9 Å². The molecule has 2 rings (SSSR count). The fraction of sp³-hybridized carbons (Fsp3) is 1.00. The molecule has 1 aliphatic carbocycles. The minimum Gasteiger partial charge on any atom is -0.380 e. The Labute approximate surface area is 121 Å². The second-order valence-electron chi connectivity index (χ2n) is 6.47. The Balaban J connectivity index is 1.91. The number of rotatable bonds is 4. The smallest absolute Gasteiger partial charge is 0.0724 e. The lowest BCUT2D eigenvalue weighted by molar-refractivity contribution is -0.0195. The number of methoxy groups -OCH3 is 1. The number of hydrogen-bond donors (Lipinski definition) is 0. The molecular formula is C15H28BrNO. The van der Waals surface area contributed by atoms with Crippen molar-refractivity contribution in [2.24, 2.45) is 11.3 Å². The SMILES string of the molecule is COC1CN(CC2(CBr)CCCCC2)CCC1C. The molecule has 3 heteroatoms. The first-order chi connectivity index (χ1) is 8.69. The van der Waals surface area contributed by atoms with Crippen molar-refractivity contribution in [2.75, 3.05) is 32.1 Å². The number of halogens is 1. The highest BCUT2D eigenvalue weighted by Crippen LogP contribution is 2.39. The summed E-state index contributed by atoms with van der Waals surface area (Å²) in [7, 11) is 1.87. The van der Waals surface area contributed by atoms with E-state index in [1.165, 1.54) is 56.9 Å². The monoisotopic (exact) mass is 317 g/mol.